The molecule has 1 N–H and O–H groups in total. The number of hydrogen-bond acceptors (Lipinski definition) is 3. The third kappa shape index (κ3) is 4.54. The second kappa shape index (κ2) is 7.93. The molecule has 3 aromatic rings. The van der Waals surface area contributed by atoms with Gasteiger partial charge in [-0.1, -0.05) is 48.5 Å². The fraction of sp³-hybridized carbons (Fsp3) is 0.0476. The second-order valence-electron chi connectivity index (χ2n) is 5.43. The van der Waals surface area contributed by atoms with Crippen molar-refractivity contribution in [2.24, 2.45) is 0 Å². The van der Waals surface area contributed by atoms with Crippen molar-refractivity contribution in [3.8, 4) is 5.88 Å². The lowest BCUT2D eigenvalue weighted by molar-refractivity contribution is 0.0697. The highest BCUT2D eigenvalue weighted by atomic mass is 16.5. The third-order valence-electron chi connectivity index (χ3n) is 3.63. The van der Waals surface area contributed by atoms with Crippen LogP contribution in [0, 0.1) is 0 Å². The van der Waals surface area contributed by atoms with E-state index >= 15 is 0 Å². The Morgan fingerprint density at radius 2 is 1.72 bits per heavy atom. The highest BCUT2D eigenvalue weighted by Gasteiger charge is 2.03. The summed E-state index contributed by atoms with van der Waals surface area (Å²) in [6.07, 6.45) is 5.50. The van der Waals surface area contributed by atoms with Gasteiger partial charge in [0, 0.05) is 11.8 Å². The fourth-order valence-electron chi connectivity index (χ4n) is 2.30. The number of aromatic nitrogens is 1. The number of rotatable bonds is 6. The lowest BCUT2D eigenvalue weighted by atomic mass is 10.1. The van der Waals surface area contributed by atoms with Crippen LogP contribution in [0.4, 0.5) is 0 Å². The first-order valence-electron chi connectivity index (χ1n) is 7.85. The Kier molecular flexibility index (Phi) is 5.22. The van der Waals surface area contributed by atoms with Crippen molar-refractivity contribution in [3.63, 3.8) is 0 Å². The summed E-state index contributed by atoms with van der Waals surface area (Å²) in [5, 5.41) is 8.93. The van der Waals surface area contributed by atoms with E-state index in [0.717, 1.165) is 16.7 Å². The molecule has 0 aliphatic carbocycles. The van der Waals surface area contributed by atoms with Crippen LogP contribution in [-0.4, -0.2) is 16.1 Å². The van der Waals surface area contributed by atoms with Gasteiger partial charge >= 0.3 is 5.97 Å². The monoisotopic (exact) mass is 331 g/mol. The van der Waals surface area contributed by atoms with Crippen molar-refractivity contribution in [2.45, 2.75) is 6.61 Å². The summed E-state index contributed by atoms with van der Waals surface area (Å²) >= 11 is 0. The first-order valence-corrected chi connectivity index (χ1v) is 7.85. The molecule has 0 atom stereocenters. The zero-order valence-corrected chi connectivity index (χ0v) is 13.5. The average Bonchev–Trinajstić information content (AvgIpc) is 2.66. The summed E-state index contributed by atoms with van der Waals surface area (Å²) in [5.41, 5.74) is 3.11. The molecule has 0 amide bonds. The van der Waals surface area contributed by atoms with Crippen LogP contribution in [0.15, 0.2) is 72.9 Å². The van der Waals surface area contributed by atoms with Gasteiger partial charge in [-0.15, -0.1) is 0 Å². The minimum absolute atomic E-state index is 0.269. The number of hydrogen-bond donors (Lipinski definition) is 1. The van der Waals surface area contributed by atoms with E-state index < -0.39 is 5.97 Å². The highest BCUT2D eigenvalue weighted by molar-refractivity contribution is 5.88. The predicted molar refractivity (Wildman–Crippen MR) is 97.3 cm³/mol. The number of aromatic carboxylic acids is 1. The number of pyridine rings is 1. The molecule has 124 valence electrons. The Bertz CT molecular complexity index is 871. The molecule has 3 rings (SSSR count). The van der Waals surface area contributed by atoms with Crippen LogP contribution in [0.5, 0.6) is 5.88 Å². The predicted octanol–water partition coefficient (Wildman–Crippen LogP) is 4.53. The lowest BCUT2D eigenvalue weighted by Gasteiger charge is -2.08. The van der Waals surface area contributed by atoms with Crippen LogP contribution >= 0.6 is 0 Å². The first-order chi connectivity index (χ1) is 12.2. The van der Waals surface area contributed by atoms with Crippen LogP contribution in [-0.2, 0) is 6.61 Å². The van der Waals surface area contributed by atoms with E-state index in [9.17, 15) is 4.79 Å². The average molecular weight is 331 g/mol. The minimum atomic E-state index is -0.931. The standard InChI is InChI=1S/C21H17NO3/c23-21(24)19-12-9-16(10-13-19)8-11-18-7-4-14-22-20(18)25-15-17-5-2-1-3-6-17/h1-14H,15H2,(H,23,24). The Hall–Kier alpha value is -3.40. The molecular formula is C21H17NO3. The van der Waals surface area contributed by atoms with E-state index in [1.54, 1.807) is 30.5 Å². The van der Waals surface area contributed by atoms with Gasteiger partial charge in [0.05, 0.1) is 5.56 Å². The SMILES string of the molecule is O=C(O)c1ccc(C=Cc2cccnc2OCc2ccccc2)cc1. The molecule has 0 bridgehead atoms. The molecule has 1 heterocycles. The number of carboxylic acid groups (broad SMARTS) is 1. The molecule has 0 radical (unpaired) electrons. The van der Waals surface area contributed by atoms with Crippen LogP contribution in [0.25, 0.3) is 12.2 Å². The number of nitrogens with zero attached hydrogens (tertiary/aromatic N) is 1. The number of carbonyl (C=O) groups is 1. The Morgan fingerprint density at radius 3 is 2.44 bits per heavy atom. The van der Waals surface area contributed by atoms with Gasteiger partial charge < -0.3 is 9.84 Å². The van der Waals surface area contributed by atoms with Crippen molar-refractivity contribution in [1.29, 1.82) is 0 Å². The quantitative estimate of drug-likeness (QED) is 0.721. The molecule has 0 saturated carbocycles. The maximum absolute atomic E-state index is 10.9. The highest BCUT2D eigenvalue weighted by Crippen LogP contribution is 2.19. The van der Waals surface area contributed by atoms with E-state index in [-0.39, 0.29) is 5.56 Å². The molecule has 1 aromatic heterocycles. The second-order valence-corrected chi connectivity index (χ2v) is 5.43. The van der Waals surface area contributed by atoms with Gasteiger partial charge in [-0.05, 0) is 41.5 Å². The van der Waals surface area contributed by atoms with Crippen LogP contribution in [0.2, 0.25) is 0 Å². The van der Waals surface area contributed by atoms with Gasteiger partial charge in [0.25, 0.3) is 0 Å². The summed E-state index contributed by atoms with van der Waals surface area (Å²) in [6.45, 7) is 0.450. The molecule has 0 spiro atoms. The Labute approximate surface area is 146 Å². The molecule has 0 aliphatic heterocycles. The number of ether oxygens (including phenoxy) is 1. The fourth-order valence-corrected chi connectivity index (χ4v) is 2.30. The molecule has 0 fully saturated rings. The van der Waals surface area contributed by atoms with Gasteiger partial charge in [0.1, 0.15) is 6.61 Å². The zero-order valence-electron chi connectivity index (χ0n) is 13.5. The molecule has 0 saturated heterocycles. The Morgan fingerprint density at radius 1 is 0.960 bits per heavy atom. The smallest absolute Gasteiger partial charge is 0.335 e. The van der Waals surface area contributed by atoms with E-state index in [2.05, 4.69) is 4.98 Å². The van der Waals surface area contributed by atoms with Crippen LogP contribution in [0.1, 0.15) is 27.0 Å². The van der Waals surface area contributed by atoms with Gasteiger partial charge in [0.15, 0.2) is 0 Å². The first kappa shape index (κ1) is 16.5. The number of carboxylic acids is 1. The van der Waals surface area contributed by atoms with E-state index in [0.29, 0.717) is 12.5 Å². The molecule has 4 heteroatoms. The van der Waals surface area contributed by atoms with Crippen molar-refractivity contribution >= 4 is 18.1 Å². The third-order valence-corrected chi connectivity index (χ3v) is 3.63. The van der Waals surface area contributed by atoms with E-state index in [1.807, 2.05) is 54.6 Å². The molecular weight excluding hydrogens is 314 g/mol. The van der Waals surface area contributed by atoms with Crippen LogP contribution in [0.3, 0.4) is 0 Å². The van der Waals surface area contributed by atoms with Crippen LogP contribution < -0.4 is 4.74 Å². The van der Waals surface area contributed by atoms with Crippen molar-refractivity contribution in [3.05, 3.63) is 95.2 Å². The summed E-state index contributed by atoms with van der Waals surface area (Å²) in [5.74, 6) is -0.371. The van der Waals surface area contributed by atoms with Crippen molar-refractivity contribution in [2.75, 3.05) is 0 Å². The van der Waals surface area contributed by atoms with Gasteiger partial charge in [-0.3, -0.25) is 0 Å². The zero-order chi connectivity index (χ0) is 17.5. The minimum Gasteiger partial charge on any atom is -0.478 e. The number of benzene rings is 2. The molecule has 25 heavy (non-hydrogen) atoms. The topological polar surface area (TPSA) is 59.4 Å². The van der Waals surface area contributed by atoms with Crippen molar-refractivity contribution in [1.82, 2.24) is 4.98 Å². The largest absolute Gasteiger partial charge is 0.478 e. The van der Waals surface area contributed by atoms with E-state index in [4.69, 9.17) is 9.84 Å². The summed E-state index contributed by atoms with van der Waals surface area (Å²) in [4.78, 5) is 15.2. The van der Waals surface area contributed by atoms with Gasteiger partial charge in [-0.25, -0.2) is 9.78 Å². The van der Waals surface area contributed by atoms with Crippen molar-refractivity contribution < 1.29 is 14.6 Å². The molecule has 4 nitrogen and oxygen atoms in total. The molecule has 2 aromatic carbocycles. The van der Waals surface area contributed by atoms with Gasteiger partial charge in [0.2, 0.25) is 5.88 Å². The normalized spacial score (nSPS) is 10.7. The maximum Gasteiger partial charge on any atom is 0.335 e. The molecule has 0 aliphatic rings. The lowest BCUT2D eigenvalue weighted by Crippen LogP contribution is -1.98. The van der Waals surface area contributed by atoms with E-state index in [1.165, 1.54) is 0 Å². The summed E-state index contributed by atoms with van der Waals surface area (Å²) < 4.78 is 5.82. The van der Waals surface area contributed by atoms with Gasteiger partial charge in [-0.2, -0.15) is 0 Å². The molecule has 0 unspecified atom stereocenters. The maximum atomic E-state index is 10.9. The Balaban J connectivity index is 1.73. The summed E-state index contributed by atoms with van der Waals surface area (Å²) in [7, 11) is 0. The summed E-state index contributed by atoms with van der Waals surface area (Å²) in [6, 6.07) is 20.4.